The highest BCUT2D eigenvalue weighted by atomic mass is 16.5. The van der Waals surface area contributed by atoms with E-state index in [0.29, 0.717) is 18.9 Å². The molecule has 2 aromatic carbocycles. The number of likely N-dealkylation sites (tertiary alicyclic amines) is 1. The third-order valence-electron chi connectivity index (χ3n) is 10.7. The van der Waals surface area contributed by atoms with Crippen molar-refractivity contribution in [3.63, 3.8) is 0 Å². The fraction of sp³-hybridized carbons (Fsp3) is 0.429. The van der Waals surface area contributed by atoms with Gasteiger partial charge in [-0.1, -0.05) is 94.8 Å². The van der Waals surface area contributed by atoms with E-state index in [1.807, 2.05) is 52.0 Å². The van der Waals surface area contributed by atoms with E-state index in [-0.39, 0.29) is 35.7 Å². The maximum absolute atomic E-state index is 13.7. The molecule has 1 saturated heterocycles. The first-order chi connectivity index (χ1) is 26.9. The molecule has 0 radical (unpaired) electrons. The number of methoxy groups -OCH3 is 2. The zero-order valence-electron chi connectivity index (χ0n) is 33.1. The molecule has 2 aliphatic rings. The van der Waals surface area contributed by atoms with Crippen molar-refractivity contribution in [3.8, 4) is 33.6 Å². The van der Waals surface area contributed by atoms with Gasteiger partial charge in [0.25, 0.3) is 0 Å². The minimum atomic E-state index is -0.732. The van der Waals surface area contributed by atoms with Gasteiger partial charge in [-0.05, 0) is 53.4 Å². The molecule has 2 aliphatic heterocycles. The molecular formula is C42H52N8O6. The van der Waals surface area contributed by atoms with Crippen LogP contribution in [0.25, 0.3) is 33.6 Å². The van der Waals surface area contributed by atoms with E-state index >= 15 is 0 Å². The van der Waals surface area contributed by atoms with Crippen LogP contribution in [-0.2, 0) is 19.1 Å². The maximum Gasteiger partial charge on any atom is 0.407 e. The lowest BCUT2D eigenvalue weighted by atomic mass is 10.0. The van der Waals surface area contributed by atoms with Gasteiger partial charge in [0.05, 0.1) is 44.0 Å². The molecule has 14 heteroatoms. The first-order valence-electron chi connectivity index (χ1n) is 19.2. The standard InChI is InChI=1S/C42H52N8O6/c1-8-26-20-34(50(23-26)40(52)36(25(4)5)48-42(54)56-7)38-44-22-32(46-38)30-17-13-28(14-18-30)27-11-15-29(16-12-27)31-21-43-37(45-31)33-10-9-19-49(33)39(51)35(24(2)3)47-41(53)55-6/h11-18,20-22,24-25,33-36H,8-10,19,23H2,1-7H3,(H,43,45)(H,44,46)(H,47,53)(H,48,54)/t33-,34-,35?,36+/m0/s1. The quantitative estimate of drug-likeness (QED) is 0.114. The Morgan fingerprint density at radius 3 is 1.68 bits per heavy atom. The van der Waals surface area contributed by atoms with Gasteiger partial charge in [0, 0.05) is 13.1 Å². The Morgan fingerprint density at radius 1 is 0.732 bits per heavy atom. The molecule has 0 spiro atoms. The zero-order valence-corrected chi connectivity index (χ0v) is 33.1. The van der Waals surface area contributed by atoms with Crippen molar-refractivity contribution in [1.29, 1.82) is 0 Å². The maximum atomic E-state index is 13.7. The van der Waals surface area contributed by atoms with Crippen LogP contribution in [0.2, 0.25) is 0 Å². The predicted octanol–water partition coefficient (Wildman–Crippen LogP) is 6.78. The van der Waals surface area contributed by atoms with Gasteiger partial charge >= 0.3 is 12.2 Å². The summed E-state index contributed by atoms with van der Waals surface area (Å²) >= 11 is 0. The summed E-state index contributed by atoms with van der Waals surface area (Å²) in [4.78, 5) is 71.1. The summed E-state index contributed by atoms with van der Waals surface area (Å²) in [6.07, 6.45) is 6.82. The van der Waals surface area contributed by atoms with Gasteiger partial charge < -0.3 is 39.9 Å². The molecule has 4 aromatic rings. The number of hydrogen-bond donors (Lipinski definition) is 4. The molecule has 1 unspecified atom stereocenters. The van der Waals surface area contributed by atoms with Crippen LogP contribution in [0.5, 0.6) is 0 Å². The normalized spacial score (nSPS) is 17.8. The number of rotatable bonds is 12. The van der Waals surface area contributed by atoms with Crippen LogP contribution in [0.3, 0.4) is 0 Å². The lowest BCUT2D eigenvalue weighted by molar-refractivity contribution is -0.136. The molecule has 14 nitrogen and oxygen atoms in total. The zero-order chi connectivity index (χ0) is 40.1. The molecule has 4 N–H and O–H groups in total. The number of imidazole rings is 2. The molecule has 4 amide bonds. The van der Waals surface area contributed by atoms with E-state index in [0.717, 1.165) is 64.3 Å². The molecule has 6 rings (SSSR count). The van der Waals surface area contributed by atoms with Gasteiger partial charge in [-0.25, -0.2) is 19.6 Å². The largest absolute Gasteiger partial charge is 0.453 e. The van der Waals surface area contributed by atoms with Crippen LogP contribution in [0.15, 0.2) is 72.6 Å². The van der Waals surface area contributed by atoms with Crippen molar-refractivity contribution >= 4 is 24.0 Å². The lowest BCUT2D eigenvalue weighted by Crippen LogP contribution is -2.51. The highest BCUT2D eigenvalue weighted by Gasteiger charge is 2.39. The van der Waals surface area contributed by atoms with Crippen LogP contribution < -0.4 is 10.6 Å². The number of alkyl carbamates (subject to hydrolysis) is 2. The number of carbonyl (C=O) groups excluding carboxylic acids is 4. The van der Waals surface area contributed by atoms with Crippen LogP contribution in [0.4, 0.5) is 9.59 Å². The fourth-order valence-electron chi connectivity index (χ4n) is 7.40. The van der Waals surface area contributed by atoms with Gasteiger partial charge in [-0.15, -0.1) is 0 Å². The summed E-state index contributed by atoms with van der Waals surface area (Å²) in [6, 6.07) is 14.4. The predicted molar refractivity (Wildman–Crippen MR) is 212 cm³/mol. The number of nitrogens with one attached hydrogen (secondary N) is 4. The van der Waals surface area contributed by atoms with Crippen LogP contribution in [0, 0.1) is 11.8 Å². The van der Waals surface area contributed by atoms with Crippen LogP contribution >= 0.6 is 0 Å². The number of amides is 4. The fourth-order valence-corrected chi connectivity index (χ4v) is 7.40. The highest BCUT2D eigenvalue weighted by Crippen LogP contribution is 2.35. The van der Waals surface area contributed by atoms with Crippen LogP contribution in [0.1, 0.15) is 77.6 Å². The van der Waals surface area contributed by atoms with E-state index < -0.39 is 24.3 Å². The summed E-state index contributed by atoms with van der Waals surface area (Å²) in [6.45, 7) is 10.7. The second-order valence-corrected chi connectivity index (χ2v) is 15.0. The molecule has 0 saturated carbocycles. The van der Waals surface area contributed by atoms with E-state index in [1.165, 1.54) is 14.2 Å². The summed E-state index contributed by atoms with van der Waals surface area (Å²) in [7, 11) is 2.57. The first-order valence-corrected chi connectivity index (χ1v) is 19.2. The van der Waals surface area contributed by atoms with Gasteiger partial charge in [0.2, 0.25) is 11.8 Å². The Labute approximate surface area is 327 Å². The smallest absolute Gasteiger partial charge is 0.407 e. The summed E-state index contributed by atoms with van der Waals surface area (Å²) in [5.74, 6) is 0.802. The van der Waals surface area contributed by atoms with E-state index in [1.54, 1.807) is 22.2 Å². The Hall–Kier alpha value is -5.92. The Morgan fingerprint density at radius 2 is 1.20 bits per heavy atom. The third-order valence-corrected chi connectivity index (χ3v) is 10.7. The van der Waals surface area contributed by atoms with Gasteiger partial charge in [-0.2, -0.15) is 0 Å². The molecule has 4 heterocycles. The first kappa shape index (κ1) is 39.8. The average molecular weight is 765 g/mol. The summed E-state index contributed by atoms with van der Waals surface area (Å²) in [5.41, 5.74) is 6.84. The van der Waals surface area contributed by atoms with E-state index in [2.05, 4.69) is 62.9 Å². The summed E-state index contributed by atoms with van der Waals surface area (Å²) < 4.78 is 9.53. The number of aromatic nitrogens is 4. The monoisotopic (exact) mass is 764 g/mol. The number of hydrogen-bond acceptors (Lipinski definition) is 8. The van der Waals surface area contributed by atoms with Crippen molar-refractivity contribution in [2.45, 2.75) is 78.0 Å². The molecular weight excluding hydrogens is 713 g/mol. The minimum Gasteiger partial charge on any atom is -0.453 e. The molecule has 0 bridgehead atoms. The topological polar surface area (TPSA) is 175 Å². The molecule has 56 heavy (non-hydrogen) atoms. The molecule has 296 valence electrons. The number of ether oxygens (including phenoxy) is 2. The molecule has 4 atom stereocenters. The number of aromatic amines is 2. The second kappa shape index (κ2) is 17.3. The number of carbonyl (C=O) groups is 4. The van der Waals surface area contributed by atoms with Gasteiger partial charge in [0.15, 0.2) is 0 Å². The van der Waals surface area contributed by atoms with Crippen molar-refractivity contribution < 1.29 is 28.7 Å². The van der Waals surface area contributed by atoms with Gasteiger partial charge in [0.1, 0.15) is 29.8 Å². The number of benzene rings is 2. The Bertz CT molecular complexity index is 2050. The Balaban J connectivity index is 1.13. The minimum absolute atomic E-state index is 0.107. The van der Waals surface area contributed by atoms with Crippen molar-refractivity contribution in [3.05, 3.63) is 84.2 Å². The van der Waals surface area contributed by atoms with Gasteiger partial charge in [-0.3, -0.25) is 9.59 Å². The van der Waals surface area contributed by atoms with Crippen molar-refractivity contribution in [2.24, 2.45) is 11.8 Å². The second-order valence-electron chi connectivity index (χ2n) is 15.0. The number of H-pyrrole nitrogens is 2. The van der Waals surface area contributed by atoms with E-state index in [9.17, 15) is 19.2 Å². The van der Waals surface area contributed by atoms with Crippen molar-refractivity contribution in [2.75, 3.05) is 27.3 Å². The third kappa shape index (κ3) is 8.48. The molecule has 2 aromatic heterocycles. The van der Waals surface area contributed by atoms with E-state index in [4.69, 9.17) is 14.5 Å². The average Bonchev–Trinajstić information content (AvgIpc) is 4.04. The molecule has 1 fully saturated rings. The molecule has 0 aliphatic carbocycles. The number of nitrogens with zero attached hydrogens (tertiary/aromatic N) is 4. The van der Waals surface area contributed by atoms with Crippen molar-refractivity contribution in [1.82, 2.24) is 40.4 Å². The summed E-state index contributed by atoms with van der Waals surface area (Å²) in [5, 5.41) is 5.39. The Kier molecular flexibility index (Phi) is 12.3. The SMILES string of the molecule is CCC1=C[C@@H](c2ncc(-c3ccc(-c4ccc(-c5cnc([C@@H]6CCCN6C(=O)C(NC(=O)OC)C(C)C)[nH]5)cc4)cc3)[nH]2)N(C(=O)[C@H](NC(=O)OC)C(C)C)C1. The van der Waals surface area contributed by atoms with Crippen LogP contribution in [-0.4, -0.2) is 93.1 Å². The highest BCUT2D eigenvalue weighted by molar-refractivity contribution is 5.87. The lowest BCUT2D eigenvalue weighted by Gasteiger charge is -2.30.